The Balaban J connectivity index is 2.09. The Labute approximate surface area is 112 Å². The van der Waals surface area contributed by atoms with Gasteiger partial charge >= 0.3 is 5.97 Å². The van der Waals surface area contributed by atoms with Crippen LogP contribution < -0.4 is 0 Å². The van der Waals surface area contributed by atoms with Crippen LogP contribution >= 0.6 is 0 Å². The highest BCUT2D eigenvalue weighted by molar-refractivity contribution is 5.74. The van der Waals surface area contributed by atoms with Gasteiger partial charge in [0.1, 0.15) is 6.04 Å². The lowest BCUT2D eigenvalue weighted by molar-refractivity contribution is -0.143. The van der Waals surface area contributed by atoms with E-state index in [-0.39, 0.29) is 11.3 Å². The van der Waals surface area contributed by atoms with Gasteiger partial charge in [-0.15, -0.1) is 0 Å². The van der Waals surface area contributed by atoms with E-state index >= 15 is 0 Å². The predicted octanol–water partition coefficient (Wildman–Crippen LogP) is 1.66. The molecule has 2 atom stereocenters. The summed E-state index contributed by atoms with van der Waals surface area (Å²) in [6.45, 7) is 9.17. The molecule has 2 heterocycles. The van der Waals surface area contributed by atoms with Gasteiger partial charge in [0.15, 0.2) is 5.82 Å². The van der Waals surface area contributed by atoms with Crippen LogP contribution in [0.25, 0.3) is 0 Å². The smallest absolute Gasteiger partial charge is 0.321 e. The van der Waals surface area contributed by atoms with Crippen molar-refractivity contribution in [3.8, 4) is 0 Å². The Morgan fingerprint density at radius 1 is 1.53 bits per heavy atom. The quantitative estimate of drug-likeness (QED) is 0.897. The van der Waals surface area contributed by atoms with E-state index in [1.54, 1.807) is 0 Å². The zero-order chi connectivity index (χ0) is 14.2. The fourth-order valence-electron chi connectivity index (χ4n) is 2.41. The largest absolute Gasteiger partial charge is 0.480 e. The highest BCUT2D eigenvalue weighted by atomic mass is 16.5. The minimum Gasteiger partial charge on any atom is -0.480 e. The average molecular weight is 267 g/mol. The van der Waals surface area contributed by atoms with E-state index < -0.39 is 12.0 Å². The van der Waals surface area contributed by atoms with Gasteiger partial charge in [-0.1, -0.05) is 32.9 Å². The summed E-state index contributed by atoms with van der Waals surface area (Å²) < 4.78 is 5.23. The summed E-state index contributed by atoms with van der Waals surface area (Å²) >= 11 is 0. The minimum absolute atomic E-state index is 0.159. The van der Waals surface area contributed by atoms with Gasteiger partial charge in [-0.25, -0.2) is 0 Å². The molecule has 1 saturated heterocycles. The number of likely N-dealkylation sites (tertiary alicyclic amines) is 1. The number of carbonyl (C=O) groups is 1. The van der Waals surface area contributed by atoms with Crippen molar-refractivity contribution in [2.24, 2.45) is 5.92 Å². The average Bonchev–Trinajstić information content (AvgIpc) is 2.85. The molecule has 1 aliphatic heterocycles. The Morgan fingerprint density at radius 2 is 2.21 bits per heavy atom. The van der Waals surface area contributed by atoms with Gasteiger partial charge in [0.05, 0.1) is 6.54 Å². The van der Waals surface area contributed by atoms with Crippen molar-refractivity contribution in [1.82, 2.24) is 15.0 Å². The molecular weight excluding hydrogens is 246 g/mol. The van der Waals surface area contributed by atoms with Crippen molar-refractivity contribution >= 4 is 5.97 Å². The normalized spacial score (nSPS) is 24.8. The van der Waals surface area contributed by atoms with Crippen LogP contribution in [0.4, 0.5) is 0 Å². The van der Waals surface area contributed by atoms with Gasteiger partial charge in [0, 0.05) is 5.41 Å². The maximum absolute atomic E-state index is 11.3. The predicted molar refractivity (Wildman–Crippen MR) is 68.6 cm³/mol. The number of hydrogen-bond acceptors (Lipinski definition) is 5. The van der Waals surface area contributed by atoms with E-state index in [1.165, 1.54) is 0 Å². The van der Waals surface area contributed by atoms with Crippen molar-refractivity contribution < 1.29 is 14.4 Å². The molecule has 1 fully saturated rings. The number of hydrogen-bond donors (Lipinski definition) is 1. The minimum atomic E-state index is -0.774. The first-order valence-corrected chi connectivity index (χ1v) is 6.59. The van der Waals surface area contributed by atoms with E-state index in [9.17, 15) is 9.90 Å². The number of carboxylic acid groups (broad SMARTS) is 1. The molecule has 2 unspecified atom stereocenters. The third kappa shape index (κ3) is 2.94. The molecule has 0 saturated carbocycles. The van der Waals surface area contributed by atoms with Crippen LogP contribution in [0.15, 0.2) is 4.52 Å². The first-order valence-electron chi connectivity index (χ1n) is 6.59. The number of nitrogens with zero attached hydrogens (tertiary/aromatic N) is 3. The molecular formula is C13H21N3O3. The number of rotatable bonds is 3. The molecule has 0 aromatic carbocycles. The molecule has 0 bridgehead atoms. The van der Waals surface area contributed by atoms with Crippen LogP contribution in [0, 0.1) is 5.92 Å². The number of aliphatic carboxylic acids is 1. The van der Waals surface area contributed by atoms with E-state index in [0.717, 1.165) is 13.0 Å². The first kappa shape index (κ1) is 14.0. The second-order valence-electron chi connectivity index (χ2n) is 6.29. The van der Waals surface area contributed by atoms with Crippen molar-refractivity contribution in [2.75, 3.05) is 6.54 Å². The lowest BCUT2D eigenvalue weighted by Gasteiger charge is -2.21. The Kier molecular flexibility index (Phi) is 3.62. The molecule has 1 aliphatic rings. The molecule has 1 N–H and O–H groups in total. The zero-order valence-corrected chi connectivity index (χ0v) is 11.9. The van der Waals surface area contributed by atoms with E-state index in [2.05, 4.69) is 10.1 Å². The Morgan fingerprint density at radius 3 is 2.74 bits per heavy atom. The van der Waals surface area contributed by atoms with E-state index in [0.29, 0.717) is 18.3 Å². The first-order chi connectivity index (χ1) is 8.79. The summed E-state index contributed by atoms with van der Waals surface area (Å²) in [5, 5.41) is 13.2. The van der Waals surface area contributed by atoms with E-state index in [1.807, 2.05) is 32.6 Å². The molecule has 0 aliphatic carbocycles. The Bertz CT molecular complexity index is 464. The van der Waals surface area contributed by atoms with Crippen molar-refractivity contribution in [1.29, 1.82) is 0 Å². The van der Waals surface area contributed by atoms with Gasteiger partial charge in [-0.3, -0.25) is 9.69 Å². The number of aromatic nitrogens is 2. The monoisotopic (exact) mass is 267 g/mol. The zero-order valence-electron chi connectivity index (χ0n) is 11.9. The summed E-state index contributed by atoms with van der Waals surface area (Å²) in [5.74, 6) is 0.530. The van der Waals surface area contributed by atoms with Crippen molar-refractivity contribution in [2.45, 2.75) is 52.1 Å². The maximum Gasteiger partial charge on any atom is 0.321 e. The number of carboxylic acids is 1. The maximum atomic E-state index is 11.3. The topological polar surface area (TPSA) is 79.5 Å². The van der Waals surface area contributed by atoms with E-state index in [4.69, 9.17) is 4.52 Å². The van der Waals surface area contributed by atoms with Crippen LogP contribution in [-0.4, -0.2) is 38.7 Å². The highest BCUT2D eigenvalue weighted by Gasteiger charge is 2.37. The molecule has 0 radical (unpaired) electrons. The fourth-order valence-corrected chi connectivity index (χ4v) is 2.41. The molecule has 2 rings (SSSR count). The summed E-state index contributed by atoms with van der Waals surface area (Å²) in [5.41, 5.74) is -0.185. The molecule has 106 valence electrons. The summed E-state index contributed by atoms with van der Waals surface area (Å²) in [6, 6.07) is -0.448. The third-order valence-electron chi connectivity index (χ3n) is 3.51. The van der Waals surface area contributed by atoms with Gasteiger partial charge in [-0.2, -0.15) is 4.98 Å². The molecule has 1 aromatic rings. The molecule has 1 aromatic heterocycles. The molecule has 6 heteroatoms. The molecule has 19 heavy (non-hydrogen) atoms. The summed E-state index contributed by atoms with van der Waals surface area (Å²) in [6.07, 6.45) is 0.890. The van der Waals surface area contributed by atoms with Gasteiger partial charge in [-0.05, 0) is 18.9 Å². The van der Waals surface area contributed by atoms with Crippen molar-refractivity contribution in [3.63, 3.8) is 0 Å². The van der Waals surface area contributed by atoms with Crippen LogP contribution in [0.1, 0.15) is 45.8 Å². The lowest BCUT2D eigenvalue weighted by atomic mass is 9.97. The second kappa shape index (κ2) is 4.92. The summed E-state index contributed by atoms with van der Waals surface area (Å²) in [4.78, 5) is 17.5. The molecule has 6 nitrogen and oxygen atoms in total. The third-order valence-corrected chi connectivity index (χ3v) is 3.51. The lowest BCUT2D eigenvalue weighted by Crippen LogP contribution is -2.38. The standard InChI is InChI=1S/C13H21N3O3/c1-8-5-6-16(10(8)11(17)18)7-9-14-12(19-15-9)13(2,3)4/h8,10H,5-7H2,1-4H3,(H,17,18). The van der Waals surface area contributed by atoms with Gasteiger partial charge in [0.2, 0.25) is 5.89 Å². The van der Waals surface area contributed by atoms with Crippen LogP contribution in [0.2, 0.25) is 0 Å². The second-order valence-corrected chi connectivity index (χ2v) is 6.29. The van der Waals surface area contributed by atoms with Gasteiger partial charge in [0.25, 0.3) is 0 Å². The van der Waals surface area contributed by atoms with Crippen LogP contribution in [0.5, 0.6) is 0 Å². The summed E-state index contributed by atoms with van der Waals surface area (Å²) in [7, 11) is 0. The Hall–Kier alpha value is -1.43. The fraction of sp³-hybridized carbons (Fsp3) is 0.769. The highest BCUT2D eigenvalue weighted by Crippen LogP contribution is 2.26. The van der Waals surface area contributed by atoms with Gasteiger partial charge < -0.3 is 9.63 Å². The van der Waals surface area contributed by atoms with Crippen LogP contribution in [-0.2, 0) is 16.8 Å². The van der Waals surface area contributed by atoms with Crippen molar-refractivity contribution in [3.05, 3.63) is 11.7 Å². The molecule has 0 spiro atoms. The molecule has 0 amide bonds. The SMILES string of the molecule is CC1CCN(Cc2noc(C(C)(C)C)n2)C1C(=O)O. The van der Waals surface area contributed by atoms with Crippen LogP contribution in [0.3, 0.4) is 0 Å².